The van der Waals surface area contributed by atoms with E-state index < -0.39 is 5.97 Å². The summed E-state index contributed by atoms with van der Waals surface area (Å²) in [5.74, 6) is -0.841. The molecule has 0 aromatic carbocycles. The summed E-state index contributed by atoms with van der Waals surface area (Å²) >= 11 is 9.71. The molecule has 2 atom stereocenters. The third-order valence-corrected chi connectivity index (χ3v) is 9.44. The van der Waals surface area contributed by atoms with Crippen LogP contribution in [0.15, 0.2) is 24.3 Å². The summed E-state index contributed by atoms with van der Waals surface area (Å²) in [7, 11) is 0. The first kappa shape index (κ1) is 30.7. The highest BCUT2D eigenvalue weighted by molar-refractivity contribution is 7.80. The Kier molecular flexibility index (Phi) is 8.30. The van der Waals surface area contributed by atoms with Crippen molar-refractivity contribution in [1.82, 2.24) is 19.9 Å². The number of fused-ring (bicyclic) bond motifs is 8. The third-order valence-electron chi connectivity index (χ3n) is 8.92. The fraction of sp³-hybridized carbons (Fsp3) is 0.382. The van der Waals surface area contributed by atoms with E-state index in [1.54, 1.807) is 0 Å². The monoisotopic (exact) mass is 630 g/mol. The molecule has 6 heterocycles. The Morgan fingerprint density at radius 3 is 1.75 bits per heavy atom. The first-order valence-corrected chi connectivity index (χ1v) is 16.0. The van der Waals surface area contributed by atoms with Crippen molar-refractivity contribution >= 4 is 75.6 Å². The molecule has 1 fully saturated rings. The Hall–Kier alpha value is -3.31. The smallest absolute Gasteiger partial charge is 0.303 e. The van der Waals surface area contributed by atoms with Gasteiger partial charge in [-0.05, 0) is 123 Å². The average Bonchev–Trinajstić information content (AvgIpc) is 3.46. The molecule has 0 amide bonds. The number of hydrogen-bond donors (Lipinski definition) is 5. The lowest BCUT2D eigenvalue weighted by Gasteiger charge is -2.05. The van der Waals surface area contributed by atoms with E-state index in [1.807, 2.05) is 13.0 Å². The number of carboxylic acid groups (broad SMARTS) is 1. The maximum atomic E-state index is 11.6. The van der Waals surface area contributed by atoms with Crippen LogP contribution in [0.25, 0.3) is 44.4 Å². The minimum absolute atomic E-state index is 0.00406. The van der Waals surface area contributed by atoms with E-state index in [4.69, 9.17) is 45.0 Å². The van der Waals surface area contributed by atoms with Crippen LogP contribution in [0.2, 0.25) is 0 Å². The van der Waals surface area contributed by atoms with Crippen molar-refractivity contribution in [1.29, 1.82) is 0 Å². The Labute approximate surface area is 267 Å². The predicted octanol–water partition coefficient (Wildman–Crippen LogP) is 8.71. The summed E-state index contributed by atoms with van der Waals surface area (Å²) in [5, 5.41) is 9.52. The number of nitrogens with zero attached hydrogens (tertiary/aromatic N) is 2. The van der Waals surface area contributed by atoms with E-state index in [0.717, 1.165) is 95.8 Å². The second-order valence-electron chi connectivity index (χ2n) is 11.9. The summed E-state index contributed by atoms with van der Waals surface area (Å²) in [5.41, 5.74) is 15.7. The van der Waals surface area contributed by atoms with Crippen LogP contribution in [-0.4, -0.2) is 37.3 Å². The number of hydrogen-bond acceptors (Lipinski definition) is 7. The zero-order chi connectivity index (χ0) is 31.4. The van der Waals surface area contributed by atoms with Crippen molar-refractivity contribution in [3.63, 3.8) is 0 Å². The molecule has 3 aromatic heterocycles. The number of thiol groups is 2. The van der Waals surface area contributed by atoms with Gasteiger partial charge in [0, 0.05) is 45.4 Å². The van der Waals surface area contributed by atoms with Gasteiger partial charge in [-0.3, -0.25) is 4.79 Å². The molecule has 44 heavy (non-hydrogen) atoms. The number of allylic oxidation sites excluding steroid dienone is 4. The molecule has 0 spiro atoms. The van der Waals surface area contributed by atoms with E-state index in [2.05, 4.69) is 62.8 Å². The van der Waals surface area contributed by atoms with Crippen molar-refractivity contribution in [2.45, 2.75) is 84.0 Å². The van der Waals surface area contributed by atoms with Crippen LogP contribution in [0.3, 0.4) is 0 Å². The van der Waals surface area contributed by atoms with Gasteiger partial charge < -0.3 is 15.1 Å². The molecule has 0 radical (unpaired) electrons. The first-order valence-electron chi connectivity index (χ1n) is 15.0. The Balaban J connectivity index is 1.72. The van der Waals surface area contributed by atoms with Gasteiger partial charge in [0.05, 0.1) is 22.8 Å². The van der Waals surface area contributed by atoms with Gasteiger partial charge in [-0.2, -0.15) is 35.0 Å². The van der Waals surface area contributed by atoms with Gasteiger partial charge in [0.2, 0.25) is 6.29 Å². The van der Waals surface area contributed by atoms with Crippen LogP contribution in [0.4, 0.5) is 0 Å². The number of aryl methyl sites for hydroxylation is 2. The van der Waals surface area contributed by atoms with Crippen molar-refractivity contribution in [3.8, 4) is 0 Å². The zero-order valence-electron chi connectivity index (χ0n) is 25.8. The van der Waals surface area contributed by atoms with Gasteiger partial charge in [-0.15, -0.1) is 0 Å². The van der Waals surface area contributed by atoms with E-state index in [1.165, 1.54) is 0 Å². The highest BCUT2D eigenvalue weighted by Gasteiger charge is 2.28. The van der Waals surface area contributed by atoms with Crippen LogP contribution >= 0.6 is 25.3 Å². The van der Waals surface area contributed by atoms with E-state index in [0.29, 0.717) is 12.8 Å². The average molecular weight is 631 g/mol. The van der Waals surface area contributed by atoms with E-state index in [-0.39, 0.29) is 23.2 Å². The highest BCUT2D eigenvalue weighted by Crippen LogP contribution is 2.40. The number of H-pyrrole nitrogens is 2. The van der Waals surface area contributed by atoms with Crippen LogP contribution < -0.4 is 0 Å². The lowest BCUT2D eigenvalue weighted by atomic mass is 9.98. The molecule has 8 bridgehead atoms. The zero-order valence-corrected chi connectivity index (χ0v) is 27.6. The molecule has 3 N–H and O–H groups in total. The maximum absolute atomic E-state index is 11.6. The number of carbonyl (C=O) groups is 1. The van der Waals surface area contributed by atoms with Gasteiger partial charge in [0.25, 0.3) is 0 Å². The summed E-state index contributed by atoms with van der Waals surface area (Å²) in [6.07, 6.45) is 1.63. The fourth-order valence-electron chi connectivity index (χ4n) is 6.48. The molecule has 0 saturated carbocycles. The summed E-state index contributed by atoms with van der Waals surface area (Å²) < 4.78 is 0. The molecular weight excluding hydrogens is 593 g/mol. The molecular formula is C34H38N4O4S2. The molecule has 8 nitrogen and oxygen atoms in total. The minimum atomic E-state index is -0.841. The molecule has 0 aliphatic carbocycles. The summed E-state index contributed by atoms with van der Waals surface area (Å²) in [4.78, 5) is 39.2. The molecule has 6 rings (SSSR count). The topological polar surface area (TPSA) is 120 Å². The van der Waals surface area contributed by atoms with Crippen LogP contribution in [0.1, 0.15) is 109 Å². The Morgan fingerprint density at radius 1 is 0.773 bits per heavy atom. The van der Waals surface area contributed by atoms with Gasteiger partial charge in [-0.1, -0.05) is 0 Å². The SMILES string of the molecule is CC1=C(CCC(=O)O)c2cc3nc(cc4[nH]c(cc5[nH]c(cc1n2)c(C)c5[C@H](C)S)c(C)c4[C@H](C)S)C(C)=C3CCC1OO1. The van der Waals surface area contributed by atoms with Crippen molar-refractivity contribution in [3.05, 3.63) is 69.3 Å². The van der Waals surface area contributed by atoms with Gasteiger partial charge in [0.15, 0.2) is 0 Å². The number of aliphatic carboxylic acids is 1. The van der Waals surface area contributed by atoms with Crippen molar-refractivity contribution in [2.24, 2.45) is 0 Å². The maximum Gasteiger partial charge on any atom is 0.303 e. The number of aromatic amines is 2. The second-order valence-corrected chi connectivity index (χ2v) is 13.5. The molecule has 230 valence electrons. The minimum Gasteiger partial charge on any atom is -0.481 e. The van der Waals surface area contributed by atoms with E-state index in [9.17, 15) is 9.90 Å². The Morgan fingerprint density at radius 2 is 1.25 bits per heavy atom. The number of nitrogens with one attached hydrogen (secondary N) is 2. The quantitative estimate of drug-likeness (QED) is 0.0965. The molecule has 3 aliphatic heterocycles. The lowest BCUT2D eigenvalue weighted by molar-refractivity contribution is -0.136. The summed E-state index contributed by atoms with van der Waals surface area (Å²) in [6.45, 7) is 12.5. The van der Waals surface area contributed by atoms with Crippen LogP contribution in [0, 0.1) is 13.8 Å². The lowest BCUT2D eigenvalue weighted by Crippen LogP contribution is -1.96. The predicted molar refractivity (Wildman–Crippen MR) is 182 cm³/mol. The number of aromatic nitrogens is 4. The Bertz CT molecular complexity index is 1910. The number of rotatable bonds is 8. The van der Waals surface area contributed by atoms with Crippen LogP contribution in [-0.2, 0) is 14.6 Å². The van der Waals surface area contributed by atoms with E-state index >= 15 is 0 Å². The third kappa shape index (κ3) is 5.76. The van der Waals surface area contributed by atoms with Gasteiger partial charge in [-0.25, -0.2) is 9.97 Å². The van der Waals surface area contributed by atoms with Crippen molar-refractivity contribution in [2.75, 3.05) is 0 Å². The molecule has 3 aromatic rings. The highest BCUT2D eigenvalue weighted by atomic mass is 32.1. The van der Waals surface area contributed by atoms with Crippen LogP contribution in [0.5, 0.6) is 0 Å². The van der Waals surface area contributed by atoms with Gasteiger partial charge in [0.1, 0.15) is 0 Å². The molecule has 1 saturated heterocycles. The molecule has 3 aliphatic rings. The standard InChI is InChI=1S/C34H38N4O4S2/c1-15-21(7-9-31(39)40)27-14-28-22(8-10-32-41-42-32)16(2)24(36-28)12-29-34(20(6)44)18(4)26(38-29)13-30-33(19(5)43)17(3)25(37-30)11-23(15)35-27/h11-14,19-20,32,37-38,43-44H,7-10H2,1-6H3,(H,39,40)/t19-,20-/m0/s1. The first-order chi connectivity index (χ1) is 20.9. The second kappa shape index (κ2) is 11.9. The fourth-order valence-corrected chi connectivity index (χ4v) is 7.15. The number of carboxylic acids is 1. The normalized spacial score (nSPS) is 16.5. The largest absolute Gasteiger partial charge is 0.481 e. The summed E-state index contributed by atoms with van der Waals surface area (Å²) in [6, 6.07) is 8.34. The van der Waals surface area contributed by atoms with Crippen molar-refractivity contribution < 1.29 is 19.7 Å². The molecule has 10 heteroatoms. The molecule has 0 unspecified atom stereocenters. The van der Waals surface area contributed by atoms with Gasteiger partial charge >= 0.3 is 5.97 Å².